The molecule has 0 heterocycles. The number of hydrogen-bond donors (Lipinski definition) is 2. The Morgan fingerprint density at radius 2 is 1.94 bits per heavy atom. The number of nitrogens with one attached hydrogen (secondary N) is 1. The van der Waals surface area contributed by atoms with Gasteiger partial charge in [0.1, 0.15) is 5.75 Å². The zero-order chi connectivity index (χ0) is 13.8. The number of methoxy groups -OCH3 is 1. The third-order valence-electron chi connectivity index (χ3n) is 2.57. The maximum Gasteiger partial charge on any atom is 0.123 e. The molecule has 102 valence electrons. The lowest BCUT2D eigenvalue weighted by molar-refractivity contribution is 0.0344. The monoisotopic (exact) mass is 252 g/mol. The van der Waals surface area contributed by atoms with E-state index in [0.717, 1.165) is 11.4 Å². The zero-order valence-corrected chi connectivity index (χ0v) is 11.9. The Labute approximate surface area is 109 Å². The first kappa shape index (κ1) is 14.6. The van der Waals surface area contributed by atoms with Gasteiger partial charge >= 0.3 is 0 Å². The molecule has 0 fully saturated rings. The third-order valence-corrected chi connectivity index (χ3v) is 2.57. The lowest BCUT2D eigenvalue weighted by Crippen LogP contribution is -2.32. The molecule has 0 aliphatic carbocycles. The SMILES string of the molecule is COC(C)(C)CNc1cc(N)cc(OC(C)C)c1. The first-order valence-electron chi connectivity index (χ1n) is 6.18. The largest absolute Gasteiger partial charge is 0.491 e. The summed E-state index contributed by atoms with van der Waals surface area (Å²) in [5.41, 5.74) is 7.26. The molecule has 0 bridgehead atoms. The van der Waals surface area contributed by atoms with Crippen molar-refractivity contribution in [1.29, 1.82) is 0 Å². The van der Waals surface area contributed by atoms with Gasteiger partial charge in [-0.3, -0.25) is 0 Å². The molecule has 0 atom stereocenters. The zero-order valence-electron chi connectivity index (χ0n) is 11.9. The van der Waals surface area contributed by atoms with Crippen molar-refractivity contribution < 1.29 is 9.47 Å². The second kappa shape index (κ2) is 5.96. The van der Waals surface area contributed by atoms with Gasteiger partial charge in [0.15, 0.2) is 0 Å². The Kier molecular flexibility index (Phi) is 4.84. The molecule has 0 unspecified atom stereocenters. The highest BCUT2D eigenvalue weighted by atomic mass is 16.5. The molecule has 0 aliphatic rings. The van der Waals surface area contributed by atoms with Gasteiger partial charge in [-0.05, 0) is 33.8 Å². The average Bonchev–Trinajstić information content (AvgIpc) is 2.25. The van der Waals surface area contributed by atoms with Gasteiger partial charge in [0.25, 0.3) is 0 Å². The number of rotatable bonds is 6. The Morgan fingerprint density at radius 1 is 1.28 bits per heavy atom. The molecular weight excluding hydrogens is 228 g/mol. The maximum atomic E-state index is 5.86. The molecular formula is C14H24N2O2. The van der Waals surface area contributed by atoms with E-state index in [-0.39, 0.29) is 11.7 Å². The normalized spacial score (nSPS) is 11.7. The van der Waals surface area contributed by atoms with Gasteiger partial charge in [0.05, 0.1) is 11.7 Å². The molecule has 4 heteroatoms. The summed E-state index contributed by atoms with van der Waals surface area (Å²) in [5.74, 6) is 0.780. The minimum Gasteiger partial charge on any atom is -0.491 e. The van der Waals surface area contributed by atoms with E-state index in [2.05, 4.69) is 5.32 Å². The molecule has 0 saturated carbocycles. The third kappa shape index (κ3) is 4.84. The second-order valence-corrected chi connectivity index (χ2v) is 5.27. The number of ether oxygens (including phenoxy) is 2. The first-order chi connectivity index (χ1) is 8.32. The quantitative estimate of drug-likeness (QED) is 0.764. The fraction of sp³-hybridized carbons (Fsp3) is 0.571. The fourth-order valence-corrected chi connectivity index (χ4v) is 1.45. The molecule has 0 saturated heterocycles. The highest BCUT2D eigenvalue weighted by molar-refractivity contribution is 5.59. The van der Waals surface area contributed by atoms with Gasteiger partial charge in [-0.1, -0.05) is 0 Å². The van der Waals surface area contributed by atoms with Crippen molar-refractivity contribution in [2.24, 2.45) is 0 Å². The van der Waals surface area contributed by atoms with Crippen LogP contribution in [0.4, 0.5) is 11.4 Å². The van der Waals surface area contributed by atoms with E-state index >= 15 is 0 Å². The second-order valence-electron chi connectivity index (χ2n) is 5.27. The smallest absolute Gasteiger partial charge is 0.123 e. The molecule has 0 amide bonds. The van der Waals surface area contributed by atoms with E-state index in [4.69, 9.17) is 15.2 Å². The van der Waals surface area contributed by atoms with Crippen LogP contribution >= 0.6 is 0 Å². The molecule has 3 N–H and O–H groups in total. The summed E-state index contributed by atoms with van der Waals surface area (Å²) in [7, 11) is 1.70. The van der Waals surface area contributed by atoms with Gasteiger partial charge < -0.3 is 20.5 Å². The van der Waals surface area contributed by atoms with Gasteiger partial charge in [-0.2, -0.15) is 0 Å². The van der Waals surface area contributed by atoms with Crippen molar-refractivity contribution in [3.05, 3.63) is 18.2 Å². The molecule has 1 rings (SSSR count). The predicted molar refractivity (Wildman–Crippen MR) is 76.2 cm³/mol. The van der Waals surface area contributed by atoms with E-state index in [9.17, 15) is 0 Å². The summed E-state index contributed by atoms with van der Waals surface area (Å²) in [6, 6.07) is 5.66. The molecule has 0 aliphatic heterocycles. The van der Waals surface area contributed by atoms with Gasteiger partial charge in [0.2, 0.25) is 0 Å². The van der Waals surface area contributed by atoms with Crippen molar-refractivity contribution in [3.63, 3.8) is 0 Å². The van der Waals surface area contributed by atoms with Crippen LogP contribution in [0, 0.1) is 0 Å². The van der Waals surface area contributed by atoms with Crippen molar-refractivity contribution >= 4 is 11.4 Å². The van der Waals surface area contributed by atoms with Crippen LogP contribution in [0.25, 0.3) is 0 Å². The van der Waals surface area contributed by atoms with E-state index in [1.54, 1.807) is 7.11 Å². The Balaban J connectivity index is 2.74. The fourth-order valence-electron chi connectivity index (χ4n) is 1.45. The summed E-state index contributed by atoms with van der Waals surface area (Å²) >= 11 is 0. The maximum absolute atomic E-state index is 5.86. The molecule has 4 nitrogen and oxygen atoms in total. The Hall–Kier alpha value is -1.42. The number of benzene rings is 1. The lowest BCUT2D eigenvalue weighted by Gasteiger charge is -2.24. The average molecular weight is 252 g/mol. The molecule has 0 radical (unpaired) electrons. The van der Waals surface area contributed by atoms with Crippen LogP contribution in [0.2, 0.25) is 0 Å². The molecule has 0 spiro atoms. The van der Waals surface area contributed by atoms with Crippen LogP contribution < -0.4 is 15.8 Å². The number of anilines is 2. The van der Waals surface area contributed by atoms with Crippen molar-refractivity contribution in [3.8, 4) is 5.75 Å². The van der Waals surface area contributed by atoms with Gasteiger partial charge in [-0.15, -0.1) is 0 Å². The van der Waals surface area contributed by atoms with E-state index in [1.807, 2.05) is 45.9 Å². The summed E-state index contributed by atoms with van der Waals surface area (Å²) < 4.78 is 11.0. The van der Waals surface area contributed by atoms with E-state index < -0.39 is 0 Å². The topological polar surface area (TPSA) is 56.5 Å². The highest BCUT2D eigenvalue weighted by Gasteiger charge is 2.15. The Bertz CT molecular complexity index is 389. The predicted octanol–water partition coefficient (Wildman–Crippen LogP) is 2.89. The van der Waals surface area contributed by atoms with Crippen LogP contribution in [0.15, 0.2) is 18.2 Å². The molecule has 18 heavy (non-hydrogen) atoms. The number of nitrogen functional groups attached to an aromatic ring is 1. The summed E-state index contributed by atoms with van der Waals surface area (Å²) in [6.45, 7) is 8.73. The van der Waals surface area contributed by atoms with Crippen molar-refractivity contribution in [2.75, 3.05) is 24.7 Å². The molecule has 1 aromatic rings. The van der Waals surface area contributed by atoms with Crippen LogP contribution in [0.3, 0.4) is 0 Å². The first-order valence-corrected chi connectivity index (χ1v) is 6.18. The van der Waals surface area contributed by atoms with Crippen molar-refractivity contribution in [1.82, 2.24) is 0 Å². The summed E-state index contributed by atoms with van der Waals surface area (Å²) in [4.78, 5) is 0. The molecule has 0 aromatic heterocycles. The Morgan fingerprint density at radius 3 is 2.50 bits per heavy atom. The standard InChI is InChI=1S/C14H24N2O2/c1-10(2)18-13-7-11(15)6-12(8-13)16-9-14(3,4)17-5/h6-8,10,16H,9,15H2,1-5H3. The van der Waals surface area contributed by atoms with E-state index in [1.165, 1.54) is 0 Å². The van der Waals surface area contributed by atoms with Gasteiger partial charge in [-0.25, -0.2) is 0 Å². The highest BCUT2D eigenvalue weighted by Crippen LogP contribution is 2.24. The summed E-state index contributed by atoms with van der Waals surface area (Å²) in [6.07, 6.45) is 0.134. The van der Waals surface area contributed by atoms with Gasteiger partial charge in [0, 0.05) is 37.2 Å². The lowest BCUT2D eigenvalue weighted by atomic mass is 10.1. The molecule has 1 aromatic carbocycles. The minimum absolute atomic E-state index is 0.134. The van der Waals surface area contributed by atoms with Crippen LogP contribution in [-0.4, -0.2) is 25.4 Å². The van der Waals surface area contributed by atoms with Crippen LogP contribution in [-0.2, 0) is 4.74 Å². The van der Waals surface area contributed by atoms with Crippen LogP contribution in [0.5, 0.6) is 5.75 Å². The minimum atomic E-state index is -0.219. The van der Waals surface area contributed by atoms with Crippen molar-refractivity contribution in [2.45, 2.75) is 39.4 Å². The number of nitrogens with two attached hydrogens (primary N) is 1. The number of hydrogen-bond acceptors (Lipinski definition) is 4. The van der Waals surface area contributed by atoms with Crippen LogP contribution in [0.1, 0.15) is 27.7 Å². The van der Waals surface area contributed by atoms with E-state index in [0.29, 0.717) is 12.2 Å². The summed E-state index contributed by atoms with van der Waals surface area (Å²) in [5, 5.41) is 3.31.